The lowest BCUT2D eigenvalue weighted by atomic mass is 9.88. The Morgan fingerprint density at radius 3 is 1.87 bits per heavy atom. The molecule has 0 saturated heterocycles. The summed E-state index contributed by atoms with van der Waals surface area (Å²) in [6, 6.07) is 0. The maximum Gasteiger partial charge on any atom is 0.314 e. The van der Waals surface area contributed by atoms with Crippen LogP contribution in [0.2, 0.25) is 0 Å². The van der Waals surface area contributed by atoms with Crippen LogP contribution in [-0.2, 0) is 19.1 Å². The second kappa shape index (κ2) is 14.0. The molecule has 0 saturated carbocycles. The molecule has 0 aliphatic carbocycles. The molecule has 2 unspecified atom stereocenters. The molecule has 0 N–H and O–H groups in total. The zero-order valence-corrected chi connectivity index (χ0v) is 14.7. The van der Waals surface area contributed by atoms with Crippen LogP contribution in [0.15, 0.2) is 25.7 Å². The van der Waals surface area contributed by atoms with Gasteiger partial charge in [-0.3, -0.25) is 9.59 Å². The summed E-state index contributed by atoms with van der Waals surface area (Å²) in [5.74, 6) is -1.92. The molecule has 0 fully saturated rings. The predicted octanol–water partition coefficient (Wildman–Crippen LogP) is 5.14. The molecule has 0 aromatic rings. The van der Waals surface area contributed by atoms with Gasteiger partial charge < -0.3 is 9.47 Å². The standard InChI is InChI=1S/C19H32O4/c1-5-8-9-10-11-12-13-14-15-17(19(21)23-7-3)16(4)18(20)22-6-2/h6-7,16-17H,2-3,5,8-15H2,1,4H3. The van der Waals surface area contributed by atoms with Gasteiger partial charge in [-0.25, -0.2) is 0 Å². The van der Waals surface area contributed by atoms with E-state index >= 15 is 0 Å². The Kier molecular flexibility index (Phi) is 13.1. The Labute approximate surface area is 140 Å². The molecular formula is C19H32O4. The largest absolute Gasteiger partial charge is 0.435 e. The van der Waals surface area contributed by atoms with E-state index in [-0.39, 0.29) is 0 Å². The van der Waals surface area contributed by atoms with Crippen molar-refractivity contribution in [2.24, 2.45) is 11.8 Å². The van der Waals surface area contributed by atoms with Crippen LogP contribution in [-0.4, -0.2) is 11.9 Å². The van der Waals surface area contributed by atoms with Crippen molar-refractivity contribution in [2.45, 2.75) is 71.6 Å². The van der Waals surface area contributed by atoms with Gasteiger partial charge in [-0.1, -0.05) is 78.4 Å². The fourth-order valence-electron chi connectivity index (χ4n) is 2.59. The third-order valence-corrected chi connectivity index (χ3v) is 4.05. The van der Waals surface area contributed by atoms with Crippen LogP contribution < -0.4 is 0 Å². The summed E-state index contributed by atoms with van der Waals surface area (Å²) in [6.07, 6.45) is 12.3. The van der Waals surface area contributed by atoms with Gasteiger partial charge in [0.1, 0.15) is 0 Å². The van der Waals surface area contributed by atoms with E-state index in [4.69, 9.17) is 9.47 Å². The second-order valence-electron chi connectivity index (χ2n) is 5.87. The zero-order chi connectivity index (χ0) is 17.5. The first-order valence-electron chi connectivity index (χ1n) is 8.71. The summed E-state index contributed by atoms with van der Waals surface area (Å²) < 4.78 is 9.65. The smallest absolute Gasteiger partial charge is 0.314 e. The lowest BCUT2D eigenvalue weighted by molar-refractivity contribution is -0.154. The molecule has 0 heterocycles. The maximum atomic E-state index is 12.0. The van der Waals surface area contributed by atoms with Gasteiger partial charge in [-0.05, 0) is 6.42 Å². The Bertz CT molecular complexity index is 362. The second-order valence-corrected chi connectivity index (χ2v) is 5.87. The van der Waals surface area contributed by atoms with Gasteiger partial charge in [0.2, 0.25) is 0 Å². The number of hydrogen-bond acceptors (Lipinski definition) is 4. The fraction of sp³-hybridized carbons (Fsp3) is 0.684. The molecule has 132 valence electrons. The van der Waals surface area contributed by atoms with Gasteiger partial charge in [0.15, 0.2) is 0 Å². The van der Waals surface area contributed by atoms with Crippen molar-refractivity contribution in [3.63, 3.8) is 0 Å². The van der Waals surface area contributed by atoms with Gasteiger partial charge >= 0.3 is 11.9 Å². The highest BCUT2D eigenvalue weighted by atomic mass is 16.5. The molecule has 0 aromatic carbocycles. The van der Waals surface area contributed by atoms with Gasteiger partial charge in [-0.15, -0.1) is 0 Å². The molecule has 0 rings (SSSR count). The first kappa shape index (κ1) is 21.4. The SMILES string of the molecule is C=COC(=O)C(C)C(CCCCCCCCCC)C(=O)OC=C. The molecule has 0 amide bonds. The predicted molar refractivity (Wildman–Crippen MR) is 92.5 cm³/mol. The number of rotatable bonds is 14. The van der Waals surface area contributed by atoms with Gasteiger partial charge in [0.25, 0.3) is 0 Å². The van der Waals surface area contributed by atoms with E-state index < -0.39 is 23.8 Å². The Morgan fingerprint density at radius 1 is 0.870 bits per heavy atom. The average Bonchev–Trinajstić information content (AvgIpc) is 2.53. The van der Waals surface area contributed by atoms with E-state index in [1.165, 1.54) is 38.5 Å². The van der Waals surface area contributed by atoms with E-state index in [9.17, 15) is 9.59 Å². The lowest BCUT2D eigenvalue weighted by Gasteiger charge is -2.19. The van der Waals surface area contributed by atoms with Crippen molar-refractivity contribution in [3.05, 3.63) is 25.7 Å². The van der Waals surface area contributed by atoms with Crippen molar-refractivity contribution in [1.82, 2.24) is 0 Å². The van der Waals surface area contributed by atoms with Crippen LogP contribution in [0, 0.1) is 11.8 Å². The summed E-state index contributed by atoms with van der Waals surface area (Å²) >= 11 is 0. The van der Waals surface area contributed by atoms with Crippen LogP contribution in [0.3, 0.4) is 0 Å². The number of carbonyl (C=O) groups excluding carboxylic acids is 2. The first-order valence-corrected chi connectivity index (χ1v) is 8.71. The van der Waals surface area contributed by atoms with Crippen LogP contribution in [0.4, 0.5) is 0 Å². The zero-order valence-electron chi connectivity index (χ0n) is 14.7. The Morgan fingerprint density at radius 2 is 1.35 bits per heavy atom. The molecule has 4 heteroatoms. The Hall–Kier alpha value is -1.58. The van der Waals surface area contributed by atoms with E-state index in [0.29, 0.717) is 6.42 Å². The van der Waals surface area contributed by atoms with Crippen LogP contribution in [0.1, 0.15) is 71.6 Å². The van der Waals surface area contributed by atoms with Crippen molar-refractivity contribution < 1.29 is 19.1 Å². The summed E-state index contributed by atoms with van der Waals surface area (Å²) in [7, 11) is 0. The number of esters is 2. The van der Waals surface area contributed by atoms with E-state index in [1.807, 2.05) is 0 Å². The van der Waals surface area contributed by atoms with Crippen LogP contribution in [0.25, 0.3) is 0 Å². The topological polar surface area (TPSA) is 52.6 Å². The van der Waals surface area contributed by atoms with Crippen molar-refractivity contribution in [1.29, 1.82) is 0 Å². The normalized spacial score (nSPS) is 13.0. The van der Waals surface area contributed by atoms with Crippen molar-refractivity contribution in [3.8, 4) is 0 Å². The molecule has 4 nitrogen and oxygen atoms in total. The quantitative estimate of drug-likeness (QED) is 0.252. The fourth-order valence-corrected chi connectivity index (χ4v) is 2.59. The number of ether oxygens (including phenoxy) is 2. The summed E-state index contributed by atoms with van der Waals surface area (Å²) in [5, 5.41) is 0. The minimum absolute atomic E-state index is 0.420. The minimum Gasteiger partial charge on any atom is -0.435 e. The third-order valence-electron chi connectivity index (χ3n) is 4.05. The molecule has 0 aliphatic heterocycles. The molecule has 0 spiro atoms. The maximum absolute atomic E-state index is 12.0. The summed E-state index contributed by atoms with van der Waals surface area (Å²) in [6.45, 7) is 10.7. The molecule has 0 bridgehead atoms. The molecule has 0 aliphatic rings. The average molecular weight is 324 g/mol. The van der Waals surface area contributed by atoms with Gasteiger partial charge in [0.05, 0.1) is 24.4 Å². The van der Waals surface area contributed by atoms with Crippen molar-refractivity contribution in [2.75, 3.05) is 0 Å². The molecular weight excluding hydrogens is 292 g/mol. The van der Waals surface area contributed by atoms with Crippen LogP contribution in [0.5, 0.6) is 0 Å². The van der Waals surface area contributed by atoms with E-state index in [2.05, 4.69) is 20.1 Å². The number of unbranched alkanes of at least 4 members (excludes halogenated alkanes) is 7. The summed E-state index contributed by atoms with van der Waals surface area (Å²) in [4.78, 5) is 23.8. The van der Waals surface area contributed by atoms with Crippen LogP contribution >= 0.6 is 0 Å². The van der Waals surface area contributed by atoms with Crippen molar-refractivity contribution >= 4 is 11.9 Å². The molecule has 23 heavy (non-hydrogen) atoms. The monoisotopic (exact) mass is 324 g/mol. The molecule has 0 radical (unpaired) electrons. The van der Waals surface area contributed by atoms with Gasteiger partial charge in [-0.2, -0.15) is 0 Å². The van der Waals surface area contributed by atoms with Gasteiger partial charge in [0, 0.05) is 0 Å². The highest BCUT2D eigenvalue weighted by molar-refractivity contribution is 5.82. The number of carbonyl (C=O) groups is 2. The highest BCUT2D eigenvalue weighted by Gasteiger charge is 2.31. The first-order chi connectivity index (χ1) is 11.1. The molecule has 2 atom stereocenters. The minimum atomic E-state index is -0.551. The molecule has 0 aromatic heterocycles. The number of hydrogen-bond donors (Lipinski definition) is 0. The third kappa shape index (κ3) is 9.93. The van der Waals surface area contributed by atoms with E-state index in [1.54, 1.807) is 6.92 Å². The highest BCUT2D eigenvalue weighted by Crippen LogP contribution is 2.23. The lowest BCUT2D eigenvalue weighted by Crippen LogP contribution is -2.29. The Balaban J connectivity index is 4.21. The summed E-state index contributed by atoms with van der Waals surface area (Å²) in [5.41, 5.74) is 0. The van der Waals surface area contributed by atoms with E-state index in [0.717, 1.165) is 25.4 Å².